The van der Waals surface area contributed by atoms with Gasteiger partial charge in [-0.3, -0.25) is 4.79 Å². The largest absolute Gasteiger partial charge is 0.383 e. The van der Waals surface area contributed by atoms with Crippen LogP contribution in [0.15, 0.2) is 48.9 Å². The third-order valence-electron chi connectivity index (χ3n) is 5.43. The number of carbonyl (C=O) groups is 1. The van der Waals surface area contributed by atoms with Crippen LogP contribution in [0.25, 0.3) is 27.1 Å². The van der Waals surface area contributed by atoms with Crippen LogP contribution < -0.4 is 16.4 Å². The van der Waals surface area contributed by atoms with Crippen molar-refractivity contribution in [2.24, 2.45) is 0 Å². The molecule has 0 unspecified atom stereocenters. The molecule has 10 heteroatoms. The summed E-state index contributed by atoms with van der Waals surface area (Å²) in [6, 6.07) is 10.4. The summed E-state index contributed by atoms with van der Waals surface area (Å²) in [5.41, 5.74) is 9.24. The first kappa shape index (κ1) is 19.6. The Morgan fingerprint density at radius 3 is 2.81 bits per heavy atom. The molecule has 0 aliphatic carbocycles. The van der Waals surface area contributed by atoms with E-state index < -0.39 is 0 Å². The zero-order valence-corrected chi connectivity index (χ0v) is 17.0. The SMILES string of the molecule is [C-]#[N+]c1ccnc(NC(=O)c2ccc(-c3nn([C@@H]4CCNC4)c4ncnc(N)c34)cc2)c1. The summed E-state index contributed by atoms with van der Waals surface area (Å²) in [5, 5.41) is 11.6. The van der Waals surface area contributed by atoms with Gasteiger partial charge in [-0.1, -0.05) is 12.1 Å². The monoisotopic (exact) mass is 425 g/mol. The van der Waals surface area contributed by atoms with Gasteiger partial charge in [0.05, 0.1) is 18.0 Å². The molecule has 10 nitrogen and oxygen atoms in total. The minimum absolute atomic E-state index is 0.198. The van der Waals surface area contributed by atoms with Gasteiger partial charge in [0.1, 0.15) is 23.7 Å². The number of carbonyl (C=O) groups excluding carboxylic acids is 1. The number of pyridine rings is 1. The van der Waals surface area contributed by atoms with E-state index in [0.29, 0.717) is 39.6 Å². The lowest BCUT2D eigenvalue weighted by molar-refractivity contribution is 0.102. The third-order valence-corrected chi connectivity index (χ3v) is 5.43. The molecule has 4 N–H and O–H groups in total. The second-order valence-electron chi connectivity index (χ2n) is 7.44. The van der Waals surface area contributed by atoms with Gasteiger partial charge in [0.2, 0.25) is 0 Å². The first-order valence-corrected chi connectivity index (χ1v) is 10.1. The van der Waals surface area contributed by atoms with Gasteiger partial charge in [0.25, 0.3) is 5.91 Å². The Hall–Kier alpha value is -4.36. The van der Waals surface area contributed by atoms with Crippen LogP contribution in [0, 0.1) is 6.57 Å². The minimum Gasteiger partial charge on any atom is -0.383 e. The highest BCUT2D eigenvalue weighted by Crippen LogP contribution is 2.32. The van der Waals surface area contributed by atoms with Crippen molar-refractivity contribution < 1.29 is 4.79 Å². The van der Waals surface area contributed by atoms with Crippen LogP contribution in [0.3, 0.4) is 0 Å². The molecule has 1 saturated heterocycles. The van der Waals surface area contributed by atoms with E-state index in [-0.39, 0.29) is 11.9 Å². The van der Waals surface area contributed by atoms with E-state index >= 15 is 0 Å². The average Bonchev–Trinajstić information content (AvgIpc) is 3.48. The van der Waals surface area contributed by atoms with Crippen molar-refractivity contribution in [2.45, 2.75) is 12.5 Å². The number of nitrogens with one attached hydrogen (secondary N) is 2. The second-order valence-corrected chi connectivity index (χ2v) is 7.44. The molecule has 1 atom stereocenters. The number of aromatic nitrogens is 5. The van der Waals surface area contributed by atoms with Crippen LogP contribution in [0.5, 0.6) is 0 Å². The lowest BCUT2D eigenvalue weighted by Crippen LogP contribution is -2.15. The average molecular weight is 425 g/mol. The lowest BCUT2D eigenvalue weighted by atomic mass is 10.1. The molecule has 0 spiro atoms. The summed E-state index contributed by atoms with van der Waals surface area (Å²) in [4.78, 5) is 28.6. The van der Waals surface area contributed by atoms with Gasteiger partial charge in [-0.25, -0.2) is 24.5 Å². The number of hydrogen-bond donors (Lipinski definition) is 3. The zero-order chi connectivity index (χ0) is 22.1. The Morgan fingerprint density at radius 1 is 1.22 bits per heavy atom. The molecule has 4 heterocycles. The predicted octanol–water partition coefficient (Wildman–Crippen LogP) is 2.81. The van der Waals surface area contributed by atoms with Crippen molar-refractivity contribution in [3.8, 4) is 11.3 Å². The molecule has 5 rings (SSSR count). The lowest BCUT2D eigenvalue weighted by Gasteiger charge is -2.09. The summed E-state index contributed by atoms with van der Waals surface area (Å²) >= 11 is 0. The summed E-state index contributed by atoms with van der Waals surface area (Å²) in [7, 11) is 0. The molecule has 1 aromatic carbocycles. The van der Waals surface area contributed by atoms with E-state index in [0.717, 1.165) is 25.1 Å². The van der Waals surface area contributed by atoms with E-state index in [1.54, 1.807) is 18.2 Å². The highest BCUT2D eigenvalue weighted by Gasteiger charge is 2.24. The number of fused-ring (bicyclic) bond motifs is 1. The summed E-state index contributed by atoms with van der Waals surface area (Å²) in [6.07, 6.45) is 3.90. The Bertz CT molecular complexity index is 1350. The Morgan fingerprint density at radius 2 is 2.06 bits per heavy atom. The van der Waals surface area contributed by atoms with Gasteiger partial charge in [0, 0.05) is 23.9 Å². The number of nitrogens with two attached hydrogens (primary N) is 1. The molecule has 3 aromatic heterocycles. The van der Waals surface area contributed by atoms with Crippen molar-refractivity contribution in [1.82, 2.24) is 30.0 Å². The third kappa shape index (κ3) is 3.51. The number of benzene rings is 1. The smallest absolute Gasteiger partial charge is 0.256 e. The molecule has 0 radical (unpaired) electrons. The Kier molecular flexibility index (Phi) is 4.93. The molecule has 1 aliphatic heterocycles. The van der Waals surface area contributed by atoms with Crippen molar-refractivity contribution in [2.75, 3.05) is 24.1 Å². The van der Waals surface area contributed by atoms with Gasteiger partial charge in [0.15, 0.2) is 11.3 Å². The van der Waals surface area contributed by atoms with Crippen LogP contribution in [-0.4, -0.2) is 43.7 Å². The molecular formula is C22H19N9O. The van der Waals surface area contributed by atoms with Crippen LogP contribution in [0.1, 0.15) is 22.8 Å². The summed E-state index contributed by atoms with van der Waals surface area (Å²) in [5.74, 6) is 0.378. The highest BCUT2D eigenvalue weighted by atomic mass is 16.1. The van der Waals surface area contributed by atoms with E-state index in [1.807, 2.05) is 16.8 Å². The number of nitrogens with zero attached hydrogens (tertiary/aromatic N) is 6. The normalized spacial score (nSPS) is 15.5. The highest BCUT2D eigenvalue weighted by molar-refractivity contribution is 6.04. The maximum atomic E-state index is 12.6. The molecule has 32 heavy (non-hydrogen) atoms. The summed E-state index contributed by atoms with van der Waals surface area (Å²) < 4.78 is 1.92. The molecular weight excluding hydrogens is 406 g/mol. The van der Waals surface area contributed by atoms with E-state index in [4.69, 9.17) is 17.4 Å². The van der Waals surface area contributed by atoms with Crippen LogP contribution in [0.2, 0.25) is 0 Å². The van der Waals surface area contributed by atoms with E-state index in [1.165, 1.54) is 18.6 Å². The van der Waals surface area contributed by atoms with Gasteiger partial charge in [-0.2, -0.15) is 5.10 Å². The molecule has 1 aliphatic rings. The standard InChI is InChI=1S/C22H19N9O/c1-24-15-6-9-26-17(10-15)29-22(32)14-4-2-13(3-5-14)19-18-20(23)27-12-28-21(18)31(30-19)16-7-8-25-11-16/h2-6,9-10,12,16,25H,7-8,11H2,(H2,23,27,28)(H,26,29,32)/t16-/m1/s1. The Labute approximate surface area is 183 Å². The molecule has 0 bridgehead atoms. The fourth-order valence-corrected chi connectivity index (χ4v) is 3.83. The van der Waals surface area contributed by atoms with Crippen molar-refractivity contribution in [3.63, 3.8) is 0 Å². The molecule has 4 aromatic rings. The molecule has 1 amide bonds. The second kappa shape index (κ2) is 8.05. The van der Waals surface area contributed by atoms with Gasteiger partial charge in [-0.15, -0.1) is 0 Å². The van der Waals surface area contributed by atoms with Crippen LogP contribution >= 0.6 is 0 Å². The molecule has 0 saturated carbocycles. The van der Waals surface area contributed by atoms with Gasteiger partial charge >= 0.3 is 0 Å². The minimum atomic E-state index is -0.318. The zero-order valence-electron chi connectivity index (χ0n) is 17.0. The Balaban J connectivity index is 1.46. The first-order chi connectivity index (χ1) is 15.6. The number of anilines is 2. The fraction of sp³-hybridized carbons (Fsp3) is 0.182. The van der Waals surface area contributed by atoms with Crippen LogP contribution in [-0.2, 0) is 0 Å². The predicted molar refractivity (Wildman–Crippen MR) is 120 cm³/mol. The molecule has 1 fully saturated rings. The maximum absolute atomic E-state index is 12.6. The number of amides is 1. The number of hydrogen-bond acceptors (Lipinski definition) is 7. The quantitative estimate of drug-likeness (QED) is 0.429. The van der Waals surface area contributed by atoms with E-state index in [2.05, 4.69) is 30.4 Å². The van der Waals surface area contributed by atoms with Crippen molar-refractivity contribution in [1.29, 1.82) is 0 Å². The van der Waals surface area contributed by atoms with Crippen LogP contribution in [0.4, 0.5) is 17.3 Å². The fourth-order valence-electron chi connectivity index (χ4n) is 3.83. The number of nitrogen functional groups attached to an aromatic ring is 1. The first-order valence-electron chi connectivity index (χ1n) is 10.1. The number of rotatable bonds is 4. The molecule has 158 valence electrons. The summed E-state index contributed by atoms with van der Waals surface area (Å²) in [6.45, 7) is 8.83. The topological polar surface area (TPSA) is 128 Å². The van der Waals surface area contributed by atoms with Gasteiger partial charge in [-0.05, 0) is 37.2 Å². The van der Waals surface area contributed by atoms with E-state index in [9.17, 15) is 4.79 Å². The van der Waals surface area contributed by atoms with Crippen molar-refractivity contribution in [3.05, 3.63) is 65.9 Å². The van der Waals surface area contributed by atoms with Gasteiger partial charge < -0.3 is 16.4 Å². The maximum Gasteiger partial charge on any atom is 0.256 e. The van der Waals surface area contributed by atoms with Crippen molar-refractivity contribution >= 4 is 34.3 Å².